The van der Waals surface area contributed by atoms with Crippen molar-refractivity contribution in [3.63, 3.8) is 0 Å². The molecule has 1 rings (SSSR count). The Kier molecular flexibility index (Phi) is 5.15. The fourth-order valence-corrected chi connectivity index (χ4v) is 3.95. The lowest BCUT2D eigenvalue weighted by Crippen LogP contribution is -2.45. The van der Waals surface area contributed by atoms with E-state index in [4.69, 9.17) is 0 Å². The molecule has 1 nitrogen and oxygen atoms in total. The maximum absolute atomic E-state index is 3.73. The Bertz CT molecular complexity index is 171. The molecule has 0 amide bonds. The number of hydrogen-bond donors (Lipinski definition) is 1. The molecule has 0 bridgehead atoms. The molecule has 0 radical (unpaired) electrons. The number of thioether (sulfide) groups is 2. The Morgan fingerprint density at radius 2 is 2.29 bits per heavy atom. The summed E-state index contributed by atoms with van der Waals surface area (Å²) in [6.07, 6.45) is 3.51. The van der Waals surface area contributed by atoms with Crippen molar-refractivity contribution in [3.8, 4) is 0 Å². The molecule has 0 aromatic carbocycles. The first kappa shape index (κ1) is 12.7. The molecule has 1 N–H and O–H groups in total. The van der Waals surface area contributed by atoms with E-state index in [0.717, 1.165) is 6.04 Å². The second-order valence-corrected chi connectivity index (χ2v) is 7.04. The van der Waals surface area contributed by atoms with Crippen molar-refractivity contribution in [3.05, 3.63) is 0 Å². The minimum absolute atomic E-state index is 0.527. The van der Waals surface area contributed by atoms with E-state index in [1.165, 1.54) is 23.7 Å². The molecule has 1 aliphatic rings. The summed E-state index contributed by atoms with van der Waals surface area (Å²) in [5, 5.41) is 3.73. The molecular weight excluding hydrogens is 210 g/mol. The minimum Gasteiger partial charge on any atom is -0.310 e. The summed E-state index contributed by atoms with van der Waals surface area (Å²) in [5.41, 5.74) is 0.527. The third-order valence-corrected chi connectivity index (χ3v) is 5.00. The molecule has 2 unspecified atom stereocenters. The lowest BCUT2D eigenvalue weighted by molar-refractivity contribution is 0.308. The first-order chi connectivity index (χ1) is 6.53. The Hall–Kier alpha value is 0.660. The molecule has 1 fully saturated rings. The van der Waals surface area contributed by atoms with Crippen molar-refractivity contribution in [2.24, 2.45) is 5.41 Å². The van der Waals surface area contributed by atoms with Crippen LogP contribution in [0.3, 0.4) is 0 Å². The van der Waals surface area contributed by atoms with Gasteiger partial charge in [-0.05, 0) is 30.8 Å². The summed E-state index contributed by atoms with van der Waals surface area (Å²) < 4.78 is 0. The first-order valence-corrected chi connectivity index (χ1v) is 7.91. The monoisotopic (exact) mass is 233 g/mol. The molecule has 0 aromatic heterocycles. The summed E-state index contributed by atoms with van der Waals surface area (Å²) in [6.45, 7) is 7.06. The summed E-state index contributed by atoms with van der Waals surface area (Å²) in [4.78, 5) is 0. The van der Waals surface area contributed by atoms with Crippen molar-refractivity contribution >= 4 is 23.5 Å². The van der Waals surface area contributed by atoms with Gasteiger partial charge in [0.15, 0.2) is 0 Å². The molecule has 3 heteroatoms. The van der Waals surface area contributed by atoms with Crippen LogP contribution in [0, 0.1) is 5.41 Å². The maximum Gasteiger partial charge on any atom is 0.0166 e. The molecule has 0 saturated carbocycles. The van der Waals surface area contributed by atoms with Gasteiger partial charge in [0.25, 0.3) is 0 Å². The van der Waals surface area contributed by atoms with Crippen LogP contribution in [0.15, 0.2) is 0 Å². The lowest BCUT2D eigenvalue weighted by atomic mass is 9.87. The van der Waals surface area contributed by atoms with E-state index < -0.39 is 0 Å². The quantitative estimate of drug-likeness (QED) is 0.802. The summed E-state index contributed by atoms with van der Waals surface area (Å²) in [5.74, 6) is 3.84. The zero-order valence-electron chi connectivity index (χ0n) is 9.80. The summed E-state index contributed by atoms with van der Waals surface area (Å²) in [7, 11) is 0. The van der Waals surface area contributed by atoms with E-state index in [2.05, 4.69) is 44.1 Å². The van der Waals surface area contributed by atoms with Crippen molar-refractivity contribution in [2.45, 2.75) is 39.3 Å². The van der Waals surface area contributed by atoms with Gasteiger partial charge < -0.3 is 5.32 Å². The largest absolute Gasteiger partial charge is 0.310 e. The minimum atomic E-state index is 0.527. The molecule has 0 aliphatic carbocycles. The summed E-state index contributed by atoms with van der Waals surface area (Å²) in [6, 6.07) is 1.38. The molecule has 1 aliphatic heterocycles. The second-order valence-electron chi connectivity index (χ2n) is 5.10. The number of nitrogens with one attached hydrogen (secondary N) is 1. The highest BCUT2D eigenvalue weighted by Crippen LogP contribution is 2.33. The van der Waals surface area contributed by atoms with Crippen molar-refractivity contribution in [1.29, 1.82) is 0 Å². The average Bonchev–Trinajstić information content (AvgIpc) is 2.02. The van der Waals surface area contributed by atoms with Crippen LogP contribution in [0.1, 0.15) is 27.2 Å². The molecular formula is C11H23NS2. The van der Waals surface area contributed by atoms with Crippen LogP contribution in [0.4, 0.5) is 0 Å². The number of rotatable bonds is 4. The van der Waals surface area contributed by atoms with E-state index >= 15 is 0 Å². The van der Waals surface area contributed by atoms with E-state index in [0.29, 0.717) is 11.5 Å². The molecule has 84 valence electrons. The fraction of sp³-hybridized carbons (Fsp3) is 1.00. The first-order valence-electron chi connectivity index (χ1n) is 5.36. The number of hydrogen-bond acceptors (Lipinski definition) is 3. The van der Waals surface area contributed by atoms with Crippen molar-refractivity contribution < 1.29 is 0 Å². The van der Waals surface area contributed by atoms with Crippen LogP contribution in [-0.2, 0) is 0 Å². The van der Waals surface area contributed by atoms with Crippen molar-refractivity contribution in [1.82, 2.24) is 5.32 Å². The fourth-order valence-electron chi connectivity index (χ4n) is 2.07. The van der Waals surface area contributed by atoms with Gasteiger partial charge >= 0.3 is 0 Å². The third-order valence-electron chi connectivity index (χ3n) is 2.55. The van der Waals surface area contributed by atoms with Gasteiger partial charge in [-0.1, -0.05) is 13.8 Å². The smallest absolute Gasteiger partial charge is 0.0166 e. The van der Waals surface area contributed by atoms with Crippen molar-refractivity contribution in [2.75, 3.05) is 23.5 Å². The Balaban J connectivity index is 2.30. The van der Waals surface area contributed by atoms with Gasteiger partial charge in [0.1, 0.15) is 0 Å². The van der Waals surface area contributed by atoms with Gasteiger partial charge in [0.05, 0.1) is 0 Å². The zero-order valence-corrected chi connectivity index (χ0v) is 11.4. The molecule has 1 saturated heterocycles. The van der Waals surface area contributed by atoms with Crippen LogP contribution < -0.4 is 5.32 Å². The van der Waals surface area contributed by atoms with E-state index in [1.807, 2.05) is 11.8 Å². The van der Waals surface area contributed by atoms with E-state index in [-0.39, 0.29) is 0 Å². The predicted octanol–water partition coefficient (Wildman–Crippen LogP) is 2.86. The SMILES string of the molecule is CSCC(C)NC1CSCC(C)(C)C1. The molecule has 0 spiro atoms. The Morgan fingerprint density at radius 3 is 2.86 bits per heavy atom. The standard InChI is InChI=1S/C11H23NS2/c1-9(6-13-4)12-10-5-11(2,3)8-14-7-10/h9-10,12H,5-8H2,1-4H3. The predicted molar refractivity (Wildman–Crippen MR) is 70.5 cm³/mol. The molecule has 14 heavy (non-hydrogen) atoms. The highest BCUT2D eigenvalue weighted by molar-refractivity contribution is 7.99. The van der Waals surface area contributed by atoms with Gasteiger partial charge in [-0.2, -0.15) is 23.5 Å². The van der Waals surface area contributed by atoms with Gasteiger partial charge in [0.2, 0.25) is 0 Å². The molecule has 2 atom stereocenters. The topological polar surface area (TPSA) is 12.0 Å². The summed E-state index contributed by atoms with van der Waals surface area (Å²) >= 11 is 4.03. The highest BCUT2D eigenvalue weighted by atomic mass is 32.2. The van der Waals surface area contributed by atoms with Gasteiger partial charge in [-0.25, -0.2) is 0 Å². The van der Waals surface area contributed by atoms with Crippen LogP contribution in [0.5, 0.6) is 0 Å². The van der Waals surface area contributed by atoms with Crippen LogP contribution in [0.2, 0.25) is 0 Å². The lowest BCUT2D eigenvalue weighted by Gasteiger charge is -2.36. The van der Waals surface area contributed by atoms with Crippen LogP contribution in [-0.4, -0.2) is 35.6 Å². The maximum atomic E-state index is 3.73. The normalized spacial score (nSPS) is 28.7. The molecule has 1 heterocycles. The molecule has 0 aromatic rings. The van der Waals surface area contributed by atoms with Gasteiger partial charge in [-0.3, -0.25) is 0 Å². The average molecular weight is 233 g/mol. The van der Waals surface area contributed by atoms with E-state index in [9.17, 15) is 0 Å². The Labute approximate surface area is 97.2 Å². The van der Waals surface area contributed by atoms with Crippen LogP contribution >= 0.6 is 23.5 Å². The third kappa shape index (κ3) is 4.45. The Morgan fingerprint density at radius 1 is 1.57 bits per heavy atom. The zero-order chi connectivity index (χ0) is 10.6. The van der Waals surface area contributed by atoms with E-state index in [1.54, 1.807) is 0 Å². The van der Waals surface area contributed by atoms with Gasteiger partial charge in [0, 0.05) is 23.6 Å². The second kappa shape index (κ2) is 5.66. The van der Waals surface area contributed by atoms with Crippen LogP contribution in [0.25, 0.3) is 0 Å². The van der Waals surface area contributed by atoms with Gasteiger partial charge in [-0.15, -0.1) is 0 Å². The highest BCUT2D eigenvalue weighted by Gasteiger charge is 2.28.